The Morgan fingerprint density at radius 2 is 1.38 bits per heavy atom. The highest BCUT2D eigenvalue weighted by Gasteiger charge is 2.10. The second-order valence-corrected chi connectivity index (χ2v) is 5.63. The summed E-state index contributed by atoms with van der Waals surface area (Å²) < 4.78 is 16.5. The zero-order valence-corrected chi connectivity index (χ0v) is 14.7. The standard InChI is InChI=1S/C20H24O4/c1-5-22-18-10-16(11-19(12-18)23-6-2)13-24-20(21)17-8-14(3)7-15(4)9-17/h7-12H,5-6,13H2,1-4H3. The Morgan fingerprint density at radius 3 is 1.88 bits per heavy atom. The number of hydrogen-bond donors (Lipinski definition) is 0. The van der Waals surface area contributed by atoms with Crippen molar-refractivity contribution < 1.29 is 19.0 Å². The first-order valence-electron chi connectivity index (χ1n) is 8.16. The molecule has 0 N–H and O–H groups in total. The Balaban J connectivity index is 2.11. The maximum atomic E-state index is 12.3. The molecule has 0 aliphatic rings. The normalized spacial score (nSPS) is 10.3. The maximum absolute atomic E-state index is 12.3. The van der Waals surface area contributed by atoms with Crippen molar-refractivity contribution in [1.82, 2.24) is 0 Å². The van der Waals surface area contributed by atoms with E-state index >= 15 is 0 Å². The van der Waals surface area contributed by atoms with Crippen LogP contribution in [0.1, 0.15) is 40.9 Å². The molecule has 0 heterocycles. The number of benzene rings is 2. The SMILES string of the molecule is CCOc1cc(COC(=O)c2cc(C)cc(C)c2)cc(OCC)c1. The van der Waals surface area contributed by atoms with Crippen molar-refractivity contribution in [1.29, 1.82) is 0 Å². The van der Waals surface area contributed by atoms with Gasteiger partial charge in [0.1, 0.15) is 18.1 Å². The number of rotatable bonds is 7. The van der Waals surface area contributed by atoms with E-state index in [4.69, 9.17) is 14.2 Å². The number of carbonyl (C=O) groups excluding carboxylic acids is 1. The Bertz CT molecular complexity index is 662. The summed E-state index contributed by atoms with van der Waals surface area (Å²) in [5, 5.41) is 0. The molecule has 0 aliphatic heterocycles. The number of aryl methyl sites for hydroxylation is 2. The molecule has 0 atom stereocenters. The zero-order chi connectivity index (χ0) is 17.5. The first-order chi connectivity index (χ1) is 11.5. The predicted molar refractivity (Wildman–Crippen MR) is 93.8 cm³/mol. The number of carbonyl (C=O) groups is 1. The Labute approximate surface area is 143 Å². The summed E-state index contributed by atoms with van der Waals surface area (Å²) in [6.45, 7) is 9.08. The molecule has 4 heteroatoms. The van der Waals surface area contributed by atoms with E-state index in [1.165, 1.54) is 0 Å². The molecule has 0 aliphatic carbocycles. The summed E-state index contributed by atoms with van der Waals surface area (Å²) in [6.07, 6.45) is 0. The van der Waals surface area contributed by atoms with Crippen molar-refractivity contribution >= 4 is 5.97 Å². The smallest absolute Gasteiger partial charge is 0.338 e. The predicted octanol–water partition coefficient (Wildman–Crippen LogP) is 4.46. The van der Waals surface area contributed by atoms with E-state index in [2.05, 4.69) is 0 Å². The minimum Gasteiger partial charge on any atom is -0.494 e. The summed E-state index contributed by atoms with van der Waals surface area (Å²) in [5.41, 5.74) is 3.48. The highest BCUT2D eigenvalue weighted by molar-refractivity contribution is 5.89. The van der Waals surface area contributed by atoms with E-state index in [1.54, 1.807) is 0 Å². The van der Waals surface area contributed by atoms with Crippen LogP contribution in [0.3, 0.4) is 0 Å². The molecule has 0 saturated heterocycles. The number of hydrogen-bond acceptors (Lipinski definition) is 4. The molecular formula is C20H24O4. The topological polar surface area (TPSA) is 44.8 Å². The monoisotopic (exact) mass is 328 g/mol. The molecule has 0 bridgehead atoms. The average molecular weight is 328 g/mol. The third-order valence-electron chi connectivity index (χ3n) is 3.39. The number of ether oxygens (including phenoxy) is 3. The van der Waals surface area contributed by atoms with E-state index < -0.39 is 0 Å². The van der Waals surface area contributed by atoms with Gasteiger partial charge in [0.25, 0.3) is 0 Å². The third kappa shape index (κ3) is 5.01. The van der Waals surface area contributed by atoms with Gasteiger partial charge in [-0.2, -0.15) is 0 Å². The summed E-state index contributed by atoms with van der Waals surface area (Å²) in [5.74, 6) is 1.09. The fourth-order valence-corrected chi connectivity index (χ4v) is 2.54. The summed E-state index contributed by atoms with van der Waals surface area (Å²) in [4.78, 5) is 12.3. The van der Waals surface area contributed by atoms with E-state index in [0.29, 0.717) is 30.3 Å². The van der Waals surface area contributed by atoms with Gasteiger partial charge < -0.3 is 14.2 Å². The van der Waals surface area contributed by atoms with Gasteiger partial charge in [0.05, 0.1) is 18.8 Å². The average Bonchev–Trinajstić information content (AvgIpc) is 2.52. The van der Waals surface area contributed by atoms with Crippen molar-refractivity contribution in [2.45, 2.75) is 34.3 Å². The Kier molecular flexibility index (Phi) is 6.24. The molecule has 4 nitrogen and oxygen atoms in total. The van der Waals surface area contributed by atoms with Crippen LogP contribution in [0.2, 0.25) is 0 Å². The molecule has 0 radical (unpaired) electrons. The van der Waals surface area contributed by atoms with Crippen molar-refractivity contribution in [3.63, 3.8) is 0 Å². The molecule has 2 rings (SSSR count). The second kappa shape index (κ2) is 8.39. The lowest BCUT2D eigenvalue weighted by Gasteiger charge is -2.11. The lowest BCUT2D eigenvalue weighted by molar-refractivity contribution is 0.0471. The fourth-order valence-electron chi connectivity index (χ4n) is 2.54. The molecule has 24 heavy (non-hydrogen) atoms. The lowest BCUT2D eigenvalue weighted by Crippen LogP contribution is -2.06. The van der Waals surface area contributed by atoms with Crippen molar-refractivity contribution in [2.24, 2.45) is 0 Å². The molecule has 0 aromatic heterocycles. The van der Waals surface area contributed by atoms with Gasteiger partial charge in [0.2, 0.25) is 0 Å². The minimum atomic E-state index is -0.332. The summed E-state index contributed by atoms with van der Waals surface area (Å²) >= 11 is 0. The van der Waals surface area contributed by atoms with Gasteiger partial charge in [-0.25, -0.2) is 4.79 Å². The van der Waals surface area contributed by atoms with Crippen LogP contribution in [0, 0.1) is 13.8 Å². The van der Waals surface area contributed by atoms with Crippen LogP contribution >= 0.6 is 0 Å². The van der Waals surface area contributed by atoms with E-state index in [9.17, 15) is 4.79 Å². The van der Waals surface area contributed by atoms with Crippen LogP contribution in [-0.2, 0) is 11.3 Å². The molecule has 0 unspecified atom stereocenters. The molecule has 0 saturated carbocycles. The lowest BCUT2D eigenvalue weighted by atomic mass is 10.1. The van der Waals surface area contributed by atoms with E-state index in [0.717, 1.165) is 16.7 Å². The van der Waals surface area contributed by atoms with Crippen LogP contribution in [0.25, 0.3) is 0 Å². The van der Waals surface area contributed by atoms with Gasteiger partial charge in [-0.3, -0.25) is 0 Å². The molecule has 2 aromatic carbocycles. The third-order valence-corrected chi connectivity index (χ3v) is 3.39. The highest BCUT2D eigenvalue weighted by Crippen LogP contribution is 2.24. The molecule has 0 amide bonds. The highest BCUT2D eigenvalue weighted by atomic mass is 16.5. The molecule has 128 valence electrons. The van der Waals surface area contributed by atoms with Crippen molar-refractivity contribution in [3.8, 4) is 11.5 Å². The van der Waals surface area contributed by atoms with Crippen LogP contribution in [0.5, 0.6) is 11.5 Å². The maximum Gasteiger partial charge on any atom is 0.338 e. The summed E-state index contributed by atoms with van der Waals surface area (Å²) in [7, 11) is 0. The van der Waals surface area contributed by atoms with Crippen LogP contribution in [0.4, 0.5) is 0 Å². The van der Waals surface area contributed by atoms with E-state index in [1.807, 2.05) is 64.1 Å². The number of esters is 1. The Hall–Kier alpha value is -2.49. The Morgan fingerprint density at radius 1 is 0.833 bits per heavy atom. The quantitative estimate of drug-likeness (QED) is 0.704. The largest absolute Gasteiger partial charge is 0.494 e. The first-order valence-corrected chi connectivity index (χ1v) is 8.16. The second-order valence-electron chi connectivity index (χ2n) is 5.63. The van der Waals surface area contributed by atoms with Crippen LogP contribution in [0.15, 0.2) is 36.4 Å². The van der Waals surface area contributed by atoms with Crippen LogP contribution < -0.4 is 9.47 Å². The van der Waals surface area contributed by atoms with Gasteiger partial charge in [-0.15, -0.1) is 0 Å². The molecular weight excluding hydrogens is 304 g/mol. The van der Waals surface area contributed by atoms with Gasteiger partial charge >= 0.3 is 5.97 Å². The zero-order valence-electron chi connectivity index (χ0n) is 14.7. The van der Waals surface area contributed by atoms with E-state index in [-0.39, 0.29) is 12.6 Å². The fraction of sp³-hybridized carbons (Fsp3) is 0.350. The van der Waals surface area contributed by atoms with Gasteiger partial charge in [-0.1, -0.05) is 17.2 Å². The van der Waals surface area contributed by atoms with Crippen molar-refractivity contribution in [2.75, 3.05) is 13.2 Å². The molecule has 0 spiro atoms. The van der Waals surface area contributed by atoms with Gasteiger partial charge in [0.15, 0.2) is 0 Å². The molecule has 2 aromatic rings. The van der Waals surface area contributed by atoms with Crippen LogP contribution in [-0.4, -0.2) is 19.2 Å². The molecule has 0 fully saturated rings. The summed E-state index contributed by atoms with van der Waals surface area (Å²) in [6, 6.07) is 11.2. The minimum absolute atomic E-state index is 0.173. The van der Waals surface area contributed by atoms with Crippen molar-refractivity contribution in [3.05, 3.63) is 58.7 Å². The van der Waals surface area contributed by atoms with Gasteiger partial charge in [-0.05, 0) is 57.5 Å². The first kappa shape index (κ1) is 17.9. The van der Waals surface area contributed by atoms with Gasteiger partial charge in [0, 0.05) is 6.07 Å².